The Balaban J connectivity index is 1.64. The van der Waals surface area contributed by atoms with Crippen molar-refractivity contribution in [2.75, 3.05) is 18.0 Å². The van der Waals surface area contributed by atoms with Crippen LogP contribution in [0.3, 0.4) is 0 Å². The zero-order chi connectivity index (χ0) is 14.3. The second kappa shape index (κ2) is 4.69. The second-order valence-corrected chi connectivity index (χ2v) is 6.67. The van der Waals surface area contributed by atoms with Crippen molar-refractivity contribution in [1.29, 1.82) is 0 Å². The number of ether oxygens (including phenoxy) is 1. The Kier molecular flexibility index (Phi) is 3.11. The highest BCUT2D eigenvalue weighted by atomic mass is 16.6. The molecule has 1 unspecified atom stereocenters. The molecule has 3 aliphatic rings. The van der Waals surface area contributed by atoms with E-state index in [1.165, 1.54) is 5.69 Å². The molecule has 4 heteroatoms. The Morgan fingerprint density at radius 2 is 1.75 bits per heavy atom. The fraction of sp³-hybridized carbons (Fsp3) is 0.562. The molecular weight excluding hydrogens is 252 g/mol. The summed E-state index contributed by atoms with van der Waals surface area (Å²) < 4.78 is 5.49. The highest BCUT2D eigenvalue weighted by Crippen LogP contribution is 2.35. The predicted octanol–water partition coefficient (Wildman–Crippen LogP) is 2.88. The molecule has 3 saturated heterocycles. The van der Waals surface area contributed by atoms with Crippen molar-refractivity contribution >= 4 is 11.8 Å². The number of carbonyl (C=O) groups is 1. The number of hydrogen-bond acceptors (Lipinski definition) is 3. The van der Waals surface area contributed by atoms with Crippen molar-refractivity contribution < 1.29 is 9.53 Å². The zero-order valence-corrected chi connectivity index (χ0v) is 12.4. The number of para-hydroxylation sites is 1. The van der Waals surface area contributed by atoms with Gasteiger partial charge in [0, 0.05) is 18.8 Å². The van der Waals surface area contributed by atoms with E-state index in [-0.39, 0.29) is 6.09 Å². The quantitative estimate of drug-likeness (QED) is 0.789. The summed E-state index contributed by atoms with van der Waals surface area (Å²) in [4.78, 5) is 16.5. The van der Waals surface area contributed by atoms with Crippen LogP contribution in [-0.4, -0.2) is 41.8 Å². The lowest BCUT2D eigenvalue weighted by molar-refractivity contribution is -0.0379. The molecule has 0 spiro atoms. The van der Waals surface area contributed by atoms with Gasteiger partial charge in [0.05, 0.1) is 12.1 Å². The lowest BCUT2D eigenvalue weighted by Crippen LogP contribution is -2.70. The molecule has 1 aromatic rings. The molecule has 3 fully saturated rings. The van der Waals surface area contributed by atoms with E-state index in [9.17, 15) is 4.79 Å². The molecule has 0 aliphatic carbocycles. The lowest BCUT2D eigenvalue weighted by Gasteiger charge is -2.56. The second-order valence-electron chi connectivity index (χ2n) is 6.67. The van der Waals surface area contributed by atoms with Crippen LogP contribution in [0, 0.1) is 0 Å². The van der Waals surface area contributed by atoms with Gasteiger partial charge in [0.1, 0.15) is 5.60 Å². The van der Waals surface area contributed by atoms with Gasteiger partial charge in [-0.2, -0.15) is 0 Å². The third kappa shape index (κ3) is 2.47. The van der Waals surface area contributed by atoms with E-state index in [1.807, 2.05) is 31.7 Å². The first-order valence-electron chi connectivity index (χ1n) is 7.25. The lowest BCUT2D eigenvalue weighted by atomic mass is 9.87. The highest BCUT2D eigenvalue weighted by molar-refractivity contribution is 5.71. The average Bonchev–Trinajstić information content (AvgIpc) is 2.37. The molecule has 3 aliphatic heterocycles. The fourth-order valence-electron chi connectivity index (χ4n) is 3.07. The molecule has 0 aromatic heterocycles. The maximum Gasteiger partial charge on any atom is 0.410 e. The molecule has 4 nitrogen and oxygen atoms in total. The summed E-state index contributed by atoms with van der Waals surface area (Å²) >= 11 is 0. The first kappa shape index (κ1) is 13.3. The van der Waals surface area contributed by atoms with Crippen LogP contribution in [0.15, 0.2) is 30.3 Å². The van der Waals surface area contributed by atoms with Gasteiger partial charge >= 0.3 is 6.09 Å². The van der Waals surface area contributed by atoms with E-state index < -0.39 is 5.60 Å². The van der Waals surface area contributed by atoms with Gasteiger partial charge in [-0.15, -0.1) is 0 Å². The standard InChI is InChI=1S/C16H22N2O2/c1-16(2,3)20-15(19)18-13-9-14(18)11-17(10-13)12-7-5-4-6-8-12/h4-8,13-14H,9-11H2,1-3H3/t13-,14?/m0/s1. The third-order valence-electron chi connectivity index (χ3n) is 3.92. The van der Waals surface area contributed by atoms with Crippen molar-refractivity contribution in [2.45, 2.75) is 44.9 Å². The van der Waals surface area contributed by atoms with E-state index in [4.69, 9.17) is 4.74 Å². The smallest absolute Gasteiger partial charge is 0.410 e. The molecule has 0 saturated carbocycles. The molecular formula is C16H22N2O2. The summed E-state index contributed by atoms with van der Waals surface area (Å²) in [6, 6.07) is 11.0. The molecule has 2 atom stereocenters. The minimum atomic E-state index is -0.417. The van der Waals surface area contributed by atoms with Crippen molar-refractivity contribution in [2.24, 2.45) is 0 Å². The van der Waals surface area contributed by atoms with E-state index in [1.54, 1.807) is 0 Å². The number of benzene rings is 1. The van der Waals surface area contributed by atoms with Crippen LogP contribution < -0.4 is 4.90 Å². The Hall–Kier alpha value is -1.71. The van der Waals surface area contributed by atoms with Gasteiger partial charge in [-0.25, -0.2) is 4.79 Å². The molecule has 3 heterocycles. The molecule has 2 bridgehead atoms. The van der Waals surface area contributed by atoms with Gasteiger partial charge in [-0.1, -0.05) is 18.2 Å². The van der Waals surface area contributed by atoms with E-state index in [0.717, 1.165) is 19.5 Å². The van der Waals surface area contributed by atoms with Crippen LogP contribution in [0.5, 0.6) is 0 Å². The van der Waals surface area contributed by atoms with E-state index >= 15 is 0 Å². The van der Waals surface area contributed by atoms with Crippen LogP contribution in [0.2, 0.25) is 0 Å². The molecule has 108 valence electrons. The summed E-state index contributed by atoms with van der Waals surface area (Å²) in [6.07, 6.45) is 0.939. The van der Waals surface area contributed by atoms with Crippen LogP contribution in [0.25, 0.3) is 0 Å². The van der Waals surface area contributed by atoms with Crippen LogP contribution in [0.1, 0.15) is 27.2 Å². The maximum atomic E-state index is 12.2. The molecule has 0 radical (unpaired) electrons. The Morgan fingerprint density at radius 3 is 2.30 bits per heavy atom. The molecule has 1 aromatic carbocycles. The van der Waals surface area contributed by atoms with E-state index in [2.05, 4.69) is 29.2 Å². The average molecular weight is 274 g/mol. The first-order valence-corrected chi connectivity index (χ1v) is 7.25. The first-order chi connectivity index (χ1) is 9.44. The summed E-state index contributed by atoms with van der Waals surface area (Å²) in [6.45, 7) is 7.55. The van der Waals surface area contributed by atoms with Crippen LogP contribution >= 0.6 is 0 Å². The largest absolute Gasteiger partial charge is 0.444 e. The number of nitrogens with zero attached hydrogens (tertiary/aromatic N) is 2. The Labute approximate surface area is 120 Å². The predicted molar refractivity (Wildman–Crippen MR) is 78.9 cm³/mol. The zero-order valence-electron chi connectivity index (χ0n) is 12.4. The fourth-order valence-corrected chi connectivity index (χ4v) is 3.07. The van der Waals surface area contributed by atoms with Gasteiger partial charge in [-0.05, 0) is 39.3 Å². The number of piperazine rings is 1. The number of piperidine rings is 1. The van der Waals surface area contributed by atoms with Crippen LogP contribution in [0.4, 0.5) is 10.5 Å². The minimum absolute atomic E-state index is 0.161. The van der Waals surface area contributed by atoms with Crippen LogP contribution in [-0.2, 0) is 4.74 Å². The summed E-state index contributed by atoms with van der Waals surface area (Å²) in [5.74, 6) is 0. The van der Waals surface area contributed by atoms with Gasteiger partial charge in [0.25, 0.3) is 0 Å². The van der Waals surface area contributed by atoms with Crippen molar-refractivity contribution in [3.8, 4) is 0 Å². The summed E-state index contributed by atoms with van der Waals surface area (Å²) in [7, 11) is 0. The molecule has 1 amide bonds. The van der Waals surface area contributed by atoms with Gasteiger partial charge in [0.15, 0.2) is 0 Å². The minimum Gasteiger partial charge on any atom is -0.444 e. The number of rotatable bonds is 1. The Bertz CT molecular complexity index is 483. The Morgan fingerprint density at radius 1 is 1.15 bits per heavy atom. The summed E-state index contributed by atoms with van der Waals surface area (Å²) in [5.41, 5.74) is 0.825. The number of amides is 1. The highest BCUT2D eigenvalue weighted by Gasteiger charge is 2.48. The maximum absolute atomic E-state index is 12.2. The van der Waals surface area contributed by atoms with Gasteiger partial charge < -0.3 is 9.64 Å². The van der Waals surface area contributed by atoms with Gasteiger partial charge in [-0.3, -0.25) is 4.90 Å². The topological polar surface area (TPSA) is 32.8 Å². The van der Waals surface area contributed by atoms with Gasteiger partial charge in [0.2, 0.25) is 0 Å². The van der Waals surface area contributed by atoms with Crippen molar-refractivity contribution in [1.82, 2.24) is 4.90 Å². The van der Waals surface area contributed by atoms with E-state index in [0.29, 0.717) is 12.1 Å². The third-order valence-corrected chi connectivity index (χ3v) is 3.92. The SMILES string of the molecule is CC(C)(C)OC(=O)N1C2C[C@H]1CN(c1ccccc1)C2. The number of fused-ring (bicyclic) bond motifs is 2. The summed E-state index contributed by atoms with van der Waals surface area (Å²) in [5, 5.41) is 0. The monoisotopic (exact) mass is 274 g/mol. The number of hydrogen-bond donors (Lipinski definition) is 0. The number of anilines is 1. The molecule has 4 rings (SSSR count). The van der Waals surface area contributed by atoms with Crippen molar-refractivity contribution in [3.05, 3.63) is 30.3 Å². The van der Waals surface area contributed by atoms with Crippen molar-refractivity contribution in [3.63, 3.8) is 0 Å². The molecule has 0 N–H and O–H groups in total. The molecule has 20 heavy (non-hydrogen) atoms. The normalized spacial score (nSPS) is 25.1. The number of carbonyl (C=O) groups excluding carboxylic acids is 1.